The summed E-state index contributed by atoms with van der Waals surface area (Å²) in [6, 6.07) is 10.3. The molecule has 3 aliphatic heterocycles. The van der Waals surface area contributed by atoms with Crippen LogP contribution in [0.2, 0.25) is 0 Å². The van der Waals surface area contributed by atoms with Crippen LogP contribution in [0.25, 0.3) is 0 Å². The number of aliphatic imine (C=N–C) groups is 2. The van der Waals surface area contributed by atoms with Gasteiger partial charge in [0.25, 0.3) is 11.8 Å². The van der Waals surface area contributed by atoms with Crippen LogP contribution in [-0.2, 0) is 10.3 Å². The predicted octanol–water partition coefficient (Wildman–Crippen LogP) is 2.11. The fourth-order valence-electron chi connectivity index (χ4n) is 4.91. The van der Waals surface area contributed by atoms with Gasteiger partial charge in [-0.3, -0.25) is 9.59 Å². The van der Waals surface area contributed by atoms with E-state index in [-0.39, 0.29) is 17.9 Å². The number of carbonyl (C=O) groups excluding carboxylic acids is 2. The van der Waals surface area contributed by atoms with E-state index in [4.69, 9.17) is 15.5 Å². The summed E-state index contributed by atoms with van der Waals surface area (Å²) < 4.78 is 5.19. The van der Waals surface area contributed by atoms with Crippen molar-refractivity contribution in [1.29, 1.82) is 0 Å². The number of amides is 2. The summed E-state index contributed by atoms with van der Waals surface area (Å²) in [7, 11) is 1.55. The highest BCUT2D eigenvalue weighted by atomic mass is 16.5. The van der Waals surface area contributed by atoms with Crippen LogP contribution in [-0.4, -0.2) is 64.5 Å². The highest BCUT2D eigenvalue weighted by molar-refractivity contribution is 6.05. The standard InChI is InChI=1S/C27H27N7O3/c1-3-5-23(35)34-14-4-6-21(34)24-32-27(17-33(24)15-13-30-26(27)28)19-9-7-18(8-10-19)25(36)31-22-16-20(37-2)11-12-29-22/h7-13,15-16,21H,4,6,14,17H2,1-2H3,(H2,28,30)(H,29,31,36). The maximum atomic E-state index is 12.8. The van der Waals surface area contributed by atoms with Crippen molar-refractivity contribution in [3.63, 3.8) is 0 Å². The molecule has 10 heteroatoms. The van der Waals surface area contributed by atoms with Gasteiger partial charge in [0.2, 0.25) is 0 Å². The Morgan fingerprint density at radius 1 is 1.24 bits per heavy atom. The number of anilines is 1. The lowest BCUT2D eigenvalue weighted by atomic mass is 9.89. The first-order valence-electron chi connectivity index (χ1n) is 12.0. The quantitative estimate of drug-likeness (QED) is 0.610. The van der Waals surface area contributed by atoms with Crippen molar-refractivity contribution in [3.8, 4) is 17.6 Å². The molecule has 1 saturated heterocycles. The summed E-state index contributed by atoms with van der Waals surface area (Å²) in [6.45, 7) is 2.74. The number of likely N-dealkylation sites (tertiary alicyclic amines) is 1. The molecule has 3 N–H and O–H groups in total. The van der Waals surface area contributed by atoms with Gasteiger partial charge < -0.3 is 25.6 Å². The smallest absolute Gasteiger partial charge is 0.299 e. The Balaban J connectivity index is 1.43. The van der Waals surface area contributed by atoms with E-state index in [1.54, 1.807) is 55.6 Å². The molecule has 2 atom stereocenters. The molecule has 2 aromatic rings. The summed E-state index contributed by atoms with van der Waals surface area (Å²) in [4.78, 5) is 42.9. The second kappa shape index (κ2) is 9.78. The van der Waals surface area contributed by atoms with Gasteiger partial charge in [0.15, 0.2) is 5.54 Å². The Labute approximate surface area is 214 Å². The minimum atomic E-state index is -0.935. The molecular weight excluding hydrogens is 470 g/mol. The number of nitrogens with one attached hydrogen (secondary N) is 1. The van der Waals surface area contributed by atoms with Crippen molar-refractivity contribution in [2.24, 2.45) is 15.7 Å². The third kappa shape index (κ3) is 4.40. The molecule has 0 aliphatic carbocycles. The highest BCUT2D eigenvalue weighted by Crippen LogP contribution is 2.37. The third-order valence-corrected chi connectivity index (χ3v) is 6.76. The number of methoxy groups -OCH3 is 1. The molecule has 2 unspecified atom stereocenters. The Morgan fingerprint density at radius 3 is 2.81 bits per heavy atom. The van der Waals surface area contributed by atoms with Crippen molar-refractivity contribution in [1.82, 2.24) is 14.8 Å². The zero-order valence-corrected chi connectivity index (χ0v) is 20.6. The van der Waals surface area contributed by atoms with Crippen LogP contribution < -0.4 is 15.8 Å². The van der Waals surface area contributed by atoms with Gasteiger partial charge in [-0.2, -0.15) is 0 Å². The van der Waals surface area contributed by atoms with Gasteiger partial charge in [-0.25, -0.2) is 15.0 Å². The van der Waals surface area contributed by atoms with Crippen molar-refractivity contribution < 1.29 is 14.3 Å². The zero-order valence-electron chi connectivity index (χ0n) is 20.6. The Bertz CT molecular complexity index is 1390. The summed E-state index contributed by atoms with van der Waals surface area (Å²) in [6.07, 6.45) is 6.73. The molecule has 2 amide bonds. The van der Waals surface area contributed by atoms with E-state index in [2.05, 4.69) is 27.1 Å². The lowest BCUT2D eigenvalue weighted by Crippen LogP contribution is -2.45. The second-order valence-corrected chi connectivity index (χ2v) is 8.91. The predicted molar refractivity (Wildman–Crippen MR) is 140 cm³/mol. The Morgan fingerprint density at radius 2 is 2.05 bits per heavy atom. The molecule has 1 aromatic heterocycles. The van der Waals surface area contributed by atoms with Crippen molar-refractivity contribution in [2.75, 3.05) is 25.5 Å². The first-order chi connectivity index (χ1) is 17.9. The molecule has 0 spiro atoms. The normalized spacial score (nSPS) is 21.9. The molecule has 37 heavy (non-hydrogen) atoms. The molecule has 0 radical (unpaired) electrons. The van der Waals surface area contributed by atoms with Crippen LogP contribution in [0.15, 0.2) is 65.0 Å². The fourth-order valence-corrected chi connectivity index (χ4v) is 4.91. The van der Waals surface area contributed by atoms with E-state index in [1.165, 1.54) is 0 Å². The van der Waals surface area contributed by atoms with E-state index in [0.29, 0.717) is 36.1 Å². The van der Waals surface area contributed by atoms with Gasteiger partial charge in [0.1, 0.15) is 23.2 Å². The molecule has 5 rings (SSSR count). The number of ether oxygens (including phenoxy) is 1. The average Bonchev–Trinajstić information content (AvgIpc) is 3.50. The van der Waals surface area contributed by atoms with Crippen LogP contribution >= 0.6 is 0 Å². The van der Waals surface area contributed by atoms with E-state index < -0.39 is 5.54 Å². The number of fused-ring (bicyclic) bond motifs is 2. The van der Waals surface area contributed by atoms with Crippen LogP contribution in [0, 0.1) is 11.8 Å². The van der Waals surface area contributed by atoms with Gasteiger partial charge in [0.05, 0.1) is 19.7 Å². The van der Waals surface area contributed by atoms with Gasteiger partial charge in [0, 0.05) is 36.8 Å². The Kier molecular flexibility index (Phi) is 6.36. The van der Waals surface area contributed by atoms with Crippen molar-refractivity contribution >= 4 is 29.3 Å². The molecule has 1 fully saturated rings. The third-order valence-electron chi connectivity index (χ3n) is 6.76. The largest absolute Gasteiger partial charge is 0.497 e. The van der Waals surface area contributed by atoms with Crippen molar-refractivity contribution in [3.05, 3.63) is 66.1 Å². The van der Waals surface area contributed by atoms with E-state index in [9.17, 15) is 9.59 Å². The second-order valence-electron chi connectivity index (χ2n) is 8.91. The molecule has 10 nitrogen and oxygen atoms in total. The van der Waals surface area contributed by atoms with Crippen LogP contribution in [0.1, 0.15) is 35.7 Å². The monoisotopic (exact) mass is 497 g/mol. The molecular formula is C27H27N7O3. The highest BCUT2D eigenvalue weighted by Gasteiger charge is 2.48. The van der Waals surface area contributed by atoms with E-state index in [0.717, 1.165) is 24.2 Å². The number of benzene rings is 1. The average molecular weight is 498 g/mol. The number of pyridine rings is 1. The molecule has 188 valence electrons. The molecule has 0 saturated carbocycles. The van der Waals surface area contributed by atoms with Gasteiger partial charge in [-0.15, -0.1) is 0 Å². The number of rotatable bonds is 5. The van der Waals surface area contributed by atoms with Crippen LogP contribution in [0.3, 0.4) is 0 Å². The maximum Gasteiger partial charge on any atom is 0.299 e. The van der Waals surface area contributed by atoms with Crippen LogP contribution in [0.4, 0.5) is 5.82 Å². The molecule has 3 aliphatic rings. The number of carbonyl (C=O) groups is 2. The summed E-state index contributed by atoms with van der Waals surface area (Å²) in [5, 5.41) is 2.78. The maximum absolute atomic E-state index is 12.8. The Hall–Kier alpha value is -4.65. The number of hydrogen-bond acceptors (Lipinski definition) is 8. The summed E-state index contributed by atoms with van der Waals surface area (Å²) >= 11 is 0. The molecule has 4 heterocycles. The summed E-state index contributed by atoms with van der Waals surface area (Å²) in [5.41, 5.74) is 6.80. The minimum Gasteiger partial charge on any atom is -0.497 e. The topological polar surface area (TPSA) is 126 Å². The summed E-state index contributed by atoms with van der Waals surface area (Å²) in [5.74, 6) is 6.95. The SMILES string of the molecule is CC#CC(=O)N1CCCC1C1=NC2(c3ccc(C(=O)Nc4cc(OC)ccn4)cc3)CN1C=CN=C2N. The number of aromatic nitrogens is 1. The first-order valence-corrected chi connectivity index (χ1v) is 12.0. The first kappa shape index (κ1) is 24.1. The number of hydrogen-bond donors (Lipinski definition) is 2. The number of nitrogens with two attached hydrogens (primary N) is 1. The van der Waals surface area contributed by atoms with Gasteiger partial charge in [-0.1, -0.05) is 18.1 Å². The van der Waals surface area contributed by atoms with Crippen LogP contribution in [0.5, 0.6) is 5.75 Å². The molecule has 1 aromatic carbocycles. The van der Waals surface area contributed by atoms with Gasteiger partial charge >= 0.3 is 0 Å². The number of amidine groups is 2. The lowest BCUT2D eigenvalue weighted by Gasteiger charge is -2.27. The lowest BCUT2D eigenvalue weighted by molar-refractivity contribution is -0.124. The number of nitrogens with zero attached hydrogens (tertiary/aromatic N) is 5. The van der Waals surface area contributed by atoms with E-state index in [1.807, 2.05) is 23.2 Å². The molecule has 2 bridgehead atoms. The zero-order chi connectivity index (χ0) is 26.0. The minimum absolute atomic E-state index is 0.189. The van der Waals surface area contributed by atoms with Crippen molar-refractivity contribution in [2.45, 2.75) is 31.3 Å². The fraction of sp³-hybridized carbons (Fsp3) is 0.296. The van der Waals surface area contributed by atoms with Gasteiger partial charge in [-0.05, 0) is 49.4 Å². The van der Waals surface area contributed by atoms with E-state index >= 15 is 0 Å².